The Balaban J connectivity index is 0.00000123. The Morgan fingerprint density at radius 1 is 0.958 bits per heavy atom. The average molecular weight is 348 g/mol. The van der Waals surface area contributed by atoms with Gasteiger partial charge in [0.25, 0.3) is 0 Å². The summed E-state index contributed by atoms with van der Waals surface area (Å²) in [7, 11) is 0. The number of nitrogens with one attached hydrogen (secondary N) is 1. The first-order valence-electron chi connectivity index (χ1n) is 9.62. The Morgan fingerprint density at radius 3 is 2.17 bits per heavy atom. The molecular formula is C22H37NS. The summed E-state index contributed by atoms with van der Waals surface area (Å²) < 4.78 is 0. The molecule has 0 aliphatic heterocycles. The lowest BCUT2D eigenvalue weighted by atomic mass is 10.0. The molecule has 1 aromatic carbocycles. The summed E-state index contributed by atoms with van der Waals surface area (Å²) in [6.45, 7) is 15.7. The van der Waals surface area contributed by atoms with E-state index in [1.54, 1.807) is 0 Å². The van der Waals surface area contributed by atoms with Crippen LogP contribution in [0.4, 0.5) is 0 Å². The zero-order chi connectivity index (χ0) is 18.4. The molecule has 2 aromatic rings. The fourth-order valence-corrected chi connectivity index (χ4v) is 3.48. The summed E-state index contributed by atoms with van der Waals surface area (Å²) in [6.07, 6.45) is 3.71. The van der Waals surface area contributed by atoms with Crippen molar-refractivity contribution >= 4 is 11.3 Å². The number of hydrogen-bond acceptors (Lipinski definition) is 2. The molecule has 1 unspecified atom stereocenters. The molecule has 0 amide bonds. The minimum Gasteiger partial charge on any atom is -0.310 e. The van der Waals surface area contributed by atoms with Crippen molar-refractivity contribution in [1.82, 2.24) is 5.32 Å². The highest BCUT2D eigenvalue weighted by atomic mass is 32.1. The first-order valence-corrected chi connectivity index (χ1v) is 10.4. The van der Waals surface area contributed by atoms with Crippen LogP contribution < -0.4 is 5.32 Å². The van der Waals surface area contributed by atoms with Crippen molar-refractivity contribution < 1.29 is 0 Å². The number of benzene rings is 1. The quantitative estimate of drug-likeness (QED) is 0.548. The lowest BCUT2D eigenvalue weighted by Gasteiger charge is -2.17. The molecular weight excluding hydrogens is 310 g/mol. The summed E-state index contributed by atoms with van der Waals surface area (Å²) in [5.74, 6) is 0. The smallest absolute Gasteiger partial charge is 0.0348 e. The predicted molar refractivity (Wildman–Crippen MR) is 113 cm³/mol. The maximum atomic E-state index is 3.71. The first kappa shape index (κ1) is 22.9. The second-order valence-electron chi connectivity index (χ2n) is 5.34. The van der Waals surface area contributed by atoms with Crippen LogP contribution in [0.3, 0.4) is 0 Å². The van der Waals surface area contributed by atoms with Crippen LogP contribution >= 0.6 is 11.3 Å². The van der Waals surface area contributed by atoms with Gasteiger partial charge in [0.2, 0.25) is 0 Å². The van der Waals surface area contributed by atoms with Crippen molar-refractivity contribution in [3.05, 3.63) is 46.8 Å². The predicted octanol–water partition coefficient (Wildman–Crippen LogP) is 7.44. The maximum absolute atomic E-state index is 3.71. The fourth-order valence-electron chi connectivity index (χ4n) is 2.55. The zero-order valence-corrected chi connectivity index (χ0v) is 17.6. The summed E-state index contributed by atoms with van der Waals surface area (Å²) in [5, 5.41) is 3.71. The van der Waals surface area contributed by atoms with Crippen molar-refractivity contribution in [1.29, 1.82) is 0 Å². The van der Waals surface area contributed by atoms with Gasteiger partial charge in [-0.25, -0.2) is 0 Å². The van der Waals surface area contributed by atoms with Gasteiger partial charge < -0.3 is 5.32 Å². The van der Waals surface area contributed by atoms with Gasteiger partial charge >= 0.3 is 0 Å². The second kappa shape index (κ2) is 14.2. The summed E-state index contributed by atoms with van der Waals surface area (Å²) in [4.78, 5) is 2.75. The highest BCUT2D eigenvalue weighted by Gasteiger charge is 2.09. The second-order valence-corrected chi connectivity index (χ2v) is 6.63. The highest BCUT2D eigenvalue weighted by Crippen LogP contribution is 2.30. The van der Waals surface area contributed by atoms with E-state index < -0.39 is 0 Å². The van der Waals surface area contributed by atoms with E-state index in [1.807, 2.05) is 39.0 Å². The van der Waals surface area contributed by atoms with Crippen LogP contribution in [0.2, 0.25) is 0 Å². The number of aryl methyl sites for hydroxylation is 1. The van der Waals surface area contributed by atoms with Gasteiger partial charge in [0, 0.05) is 22.3 Å². The van der Waals surface area contributed by atoms with Crippen molar-refractivity contribution in [3.8, 4) is 10.4 Å². The van der Waals surface area contributed by atoms with Crippen molar-refractivity contribution in [2.24, 2.45) is 0 Å². The van der Waals surface area contributed by atoms with Crippen LogP contribution in [0.1, 0.15) is 71.2 Å². The summed E-state index contributed by atoms with van der Waals surface area (Å²) in [6, 6.07) is 13.8. The minimum atomic E-state index is 0.637. The van der Waals surface area contributed by atoms with Crippen LogP contribution in [-0.2, 0) is 6.54 Å². The third-order valence-corrected chi connectivity index (χ3v) is 4.77. The summed E-state index contributed by atoms with van der Waals surface area (Å²) >= 11 is 1.88. The number of rotatable bonds is 7. The van der Waals surface area contributed by atoms with E-state index in [4.69, 9.17) is 0 Å². The minimum absolute atomic E-state index is 0.637. The van der Waals surface area contributed by atoms with Gasteiger partial charge in [0.1, 0.15) is 0 Å². The standard InChI is InChI=1S/C18H25NS.2C2H6/c1-4-8-16(5-2)19-13-15-9-6-7-10-17(15)18-12-11-14(3)20-18;2*1-2/h6-7,9-12,16,19H,4-5,8,13H2,1-3H3;2*1-2H3. The Labute approximate surface area is 154 Å². The van der Waals surface area contributed by atoms with Gasteiger partial charge in [-0.15, -0.1) is 11.3 Å². The van der Waals surface area contributed by atoms with Crippen LogP contribution in [0, 0.1) is 6.92 Å². The molecule has 0 bridgehead atoms. The third kappa shape index (κ3) is 7.63. The van der Waals surface area contributed by atoms with Gasteiger partial charge in [-0.05, 0) is 43.0 Å². The largest absolute Gasteiger partial charge is 0.310 e. The first-order chi connectivity index (χ1) is 11.7. The van der Waals surface area contributed by atoms with Gasteiger partial charge in [0.05, 0.1) is 0 Å². The SMILES string of the molecule is CC.CC.CCCC(CC)NCc1ccccc1-c1ccc(C)s1. The van der Waals surface area contributed by atoms with E-state index in [9.17, 15) is 0 Å². The Kier molecular flexibility index (Phi) is 13.6. The van der Waals surface area contributed by atoms with E-state index in [0.717, 1.165) is 6.54 Å². The molecule has 0 radical (unpaired) electrons. The molecule has 1 nitrogen and oxygen atoms in total. The Morgan fingerprint density at radius 2 is 1.62 bits per heavy atom. The fraction of sp³-hybridized carbons (Fsp3) is 0.545. The van der Waals surface area contributed by atoms with Gasteiger partial charge in [-0.1, -0.05) is 72.2 Å². The van der Waals surface area contributed by atoms with Crippen LogP contribution in [0.15, 0.2) is 36.4 Å². The monoisotopic (exact) mass is 347 g/mol. The Bertz CT molecular complexity index is 530. The lowest BCUT2D eigenvalue weighted by Crippen LogP contribution is -2.27. The molecule has 136 valence electrons. The van der Waals surface area contributed by atoms with Crippen LogP contribution in [0.25, 0.3) is 10.4 Å². The average Bonchev–Trinajstić information content (AvgIpc) is 3.08. The molecule has 24 heavy (non-hydrogen) atoms. The molecule has 1 aromatic heterocycles. The Hall–Kier alpha value is -1.12. The third-order valence-electron chi connectivity index (χ3n) is 3.73. The molecule has 2 rings (SSSR count). The van der Waals surface area contributed by atoms with Crippen LogP contribution in [-0.4, -0.2) is 6.04 Å². The van der Waals surface area contributed by atoms with E-state index in [1.165, 1.54) is 40.1 Å². The van der Waals surface area contributed by atoms with E-state index in [0.29, 0.717) is 6.04 Å². The van der Waals surface area contributed by atoms with Crippen molar-refractivity contribution in [2.45, 2.75) is 80.3 Å². The van der Waals surface area contributed by atoms with E-state index >= 15 is 0 Å². The zero-order valence-electron chi connectivity index (χ0n) is 16.8. The van der Waals surface area contributed by atoms with Crippen molar-refractivity contribution in [2.75, 3.05) is 0 Å². The van der Waals surface area contributed by atoms with E-state index in [-0.39, 0.29) is 0 Å². The highest BCUT2D eigenvalue weighted by molar-refractivity contribution is 7.15. The van der Waals surface area contributed by atoms with E-state index in [2.05, 4.69) is 62.5 Å². The molecule has 0 spiro atoms. The molecule has 1 heterocycles. The molecule has 2 heteroatoms. The molecule has 0 aliphatic rings. The molecule has 0 fully saturated rings. The van der Waals surface area contributed by atoms with Gasteiger partial charge in [-0.3, -0.25) is 0 Å². The maximum Gasteiger partial charge on any atom is 0.0348 e. The normalized spacial score (nSPS) is 11.0. The molecule has 0 aliphatic carbocycles. The van der Waals surface area contributed by atoms with Crippen LogP contribution in [0.5, 0.6) is 0 Å². The molecule has 0 saturated carbocycles. The topological polar surface area (TPSA) is 12.0 Å². The van der Waals surface area contributed by atoms with Gasteiger partial charge in [0.15, 0.2) is 0 Å². The lowest BCUT2D eigenvalue weighted by molar-refractivity contribution is 0.463. The van der Waals surface area contributed by atoms with Gasteiger partial charge in [-0.2, -0.15) is 0 Å². The number of hydrogen-bond donors (Lipinski definition) is 1. The number of thiophene rings is 1. The summed E-state index contributed by atoms with van der Waals surface area (Å²) in [5.41, 5.74) is 2.79. The molecule has 1 atom stereocenters. The molecule has 1 N–H and O–H groups in total. The molecule has 0 saturated heterocycles. The van der Waals surface area contributed by atoms with Crippen molar-refractivity contribution in [3.63, 3.8) is 0 Å².